The molecule has 1 aliphatic rings. The van der Waals surface area contributed by atoms with E-state index in [0.717, 1.165) is 17.1 Å². The predicted molar refractivity (Wildman–Crippen MR) is 58.1 cm³/mol. The highest BCUT2D eigenvalue weighted by Gasteiger charge is 2.26. The Labute approximate surface area is 87.8 Å². The number of hydrogen-bond acceptors (Lipinski definition) is 3. The number of nitrogen functional groups attached to an aromatic ring is 1. The Morgan fingerprint density at radius 2 is 2.27 bits per heavy atom. The van der Waals surface area contributed by atoms with E-state index in [0.29, 0.717) is 6.04 Å². The summed E-state index contributed by atoms with van der Waals surface area (Å²) in [7, 11) is 0. The van der Waals surface area contributed by atoms with Crippen LogP contribution in [0, 0.1) is 0 Å². The molecular weight excluding hydrogens is 188 g/mol. The zero-order valence-corrected chi connectivity index (χ0v) is 8.30. The van der Waals surface area contributed by atoms with Crippen LogP contribution in [-0.4, -0.2) is 14.5 Å². The summed E-state index contributed by atoms with van der Waals surface area (Å²) >= 11 is 0. The number of nitrogens with two attached hydrogens (primary N) is 1. The lowest BCUT2D eigenvalue weighted by Crippen LogP contribution is -1.99. The highest BCUT2D eigenvalue weighted by Crippen LogP contribution is 2.38. The minimum atomic E-state index is 0.572. The van der Waals surface area contributed by atoms with Crippen molar-refractivity contribution in [3.8, 4) is 11.3 Å². The fourth-order valence-electron chi connectivity index (χ4n) is 1.74. The molecule has 0 atom stereocenters. The molecule has 76 valence electrons. The van der Waals surface area contributed by atoms with Gasteiger partial charge in [-0.1, -0.05) is 0 Å². The Morgan fingerprint density at radius 3 is 2.93 bits per heavy atom. The van der Waals surface area contributed by atoms with Gasteiger partial charge in [-0.15, -0.1) is 0 Å². The van der Waals surface area contributed by atoms with Crippen LogP contribution in [0.15, 0.2) is 30.9 Å². The van der Waals surface area contributed by atoms with Crippen LogP contribution < -0.4 is 5.73 Å². The van der Waals surface area contributed by atoms with Gasteiger partial charge >= 0.3 is 0 Å². The van der Waals surface area contributed by atoms with Gasteiger partial charge in [0.1, 0.15) is 11.5 Å². The van der Waals surface area contributed by atoms with Crippen LogP contribution in [0.1, 0.15) is 18.9 Å². The smallest absolute Gasteiger partial charge is 0.131 e. The van der Waals surface area contributed by atoms with Crippen molar-refractivity contribution < 1.29 is 0 Å². The van der Waals surface area contributed by atoms with Gasteiger partial charge in [0.2, 0.25) is 0 Å². The average molecular weight is 200 g/mol. The van der Waals surface area contributed by atoms with Crippen LogP contribution in [0.3, 0.4) is 0 Å². The molecule has 3 rings (SSSR count). The maximum absolute atomic E-state index is 6.05. The van der Waals surface area contributed by atoms with Gasteiger partial charge in [0.25, 0.3) is 0 Å². The van der Waals surface area contributed by atoms with E-state index in [1.807, 2.05) is 18.5 Å². The van der Waals surface area contributed by atoms with E-state index in [4.69, 9.17) is 5.73 Å². The van der Waals surface area contributed by atoms with Crippen LogP contribution in [0.2, 0.25) is 0 Å². The van der Waals surface area contributed by atoms with Crippen LogP contribution in [0.5, 0.6) is 0 Å². The van der Waals surface area contributed by atoms with Gasteiger partial charge in [-0.3, -0.25) is 4.98 Å². The summed E-state index contributed by atoms with van der Waals surface area (Å²) in [6.07, 6.45) is 7.79. The second-order valence-electron chi connectivity index (χ2n) is 3.86. The standard InChI is InChI=1S/C11H12N4/c12-11-10(8-2-1-5-13-6-8)14-7-15(11)9-3-4-9/h1-2,5-7,9H,3-4,12H2. The number of nitrogens with zero attached hydrogens (tertiary/aromatic N) is 3. The number of rotatable bonds is 2. The number of anilines is 1. The van der Waals surface area contributed by atoms with Crippen molar-refractivity contribution in [1.82, 2.24) is 14.5 Å². The third kappa shape index (κ3) is 1.38. The maximum Gasteiger partial charge on any atom is 0.131 e. The monoisotopic (exact) mass is 200 g/mol. The Bertz CT molecular complexity index is 471. The third-order valence-electron chi connectivity index (χ3n) is 2.71. The van der Waals surface area contributed by atoms with E-state index in [1.54, 1.807) is 12.4 Å². The Morgan fingerprint density at radius 1 is 1.40 bits per heavy atom. The van der Waals surface area contributed by atoms with E-state index in [-0.39, 0.29) is 0 Å². The molecule has 0 radical (unpaired) electrons. The first-order valence-electron chi connectivity index (χ1n) is 5.09. The molecule has 1 saturated carbocycles. The molecule has 0 aromatic carbocycles. The number of aromatic nitrogens is 3. The van der Waals surface area contributed by atoms with Crippen molar-refractivity contribution in [2.45, 2.75) is 18.9 Å². The average Bonchev–Trinajstić information content (AvgIpc) is 3.04. The van der Waals surface area contributed by atoms with Crippen LogP contribution in [0.4, 0.5) is 5.82 Å². The van der Waals surface area contributed by atoms with Crippen molar-refractivity contribution in [2.24, 2.45) is 0 Å². The highest BCUT2D eigenvalue weighted by atomic mass is 15.2. The summed E-state index contributed by atoms with van der Waals surface area (Å²) in [4.78, 5) is 8.41. The molecule has 15 heavy (non-hydrogen) atoms. The van der Waals surface area contributed by atoms with Crippen molar-refractivity contribution >= 4 is 5.82 Å². The summed E-state index contributed by atoms with van der Waals surface area (Å²) in [5.41, 5.74) is 7.87. The van der Waals surface area contributed by atoms with Gasteiger partial charge in [0, 0.05) is 24.0 Å². The summed E-state index contributed by atoms with van der Waals surface area (Å²) in [5.74, 6) is 0.755. The summed E-state index contributed by atoms with van der Waals surface area (Å²) in [6, 6.07) is 4.44. The van der Waals surface area contributed by atoms with Crippen molar-refractivity contribution in [3.63, 3.8) is 0 Å². The lowest BCUT2D eigenvalue weighted by Gasteiger charge is -2.02. The van der Waals surface area contributed by atoms with Gasteiger partial charge in [-0.2, -0.15) is 0 Å². The minimum absolute atomic E-state index is 0.572. The molecule has 2 heterocycles. The Balaban J connectivity index is 2.05. The molecule has 0 bridgehead atoms. The Hall–Kier alpha value is -1.84. The Kier molecular flexibility index (Phi) is 1.74. The second kappa shape index (κ2) is 3.08. The topological polar surface area (TPSA) is 56.7 Å². The number of hydrogen-bond donors (Lipinski definition) is 1. The van der Waals surface area contributed by atoms with E-state index in [1.165, 1.54) is 12.8 Å². The van der Waals surface area contributed by atoms with Crippen molar-refractivity contribution in [1.29, 1.82) is 0 Å². The van der Waals surface area contributed by atoms with Crippen LogP contribution in [-0.2, 0) is 0 Å². The molecule has 0 aliphatic heterocycles. The van der Waals surface area contributed by atoms with Crippen molar-refractivity contribution in [2.75, 3.05) is 5.73 Å². The molecule has 2 aromatic heterocycles. The second-order valence-corrected chi connectivity index (χ2v) is 3.86. The third-order valence-corrected chi connectivity index (χ3v) is 2.71. The molecule has 4 heteroatoms. The zero-order valence-electron chi connectivity index (χ0n) is 8.30. The van der Waals surface area contributed by atoms with Crippen LogP contribution >= 0.6 is 0 Å². The van der Waals surface area contributed by atoms with E-state index in [9.17, 15) is 0 Å². The quantitative estimate of drug-likeness (QED) is 0.805. The molecule has 0 amide bonds. The number of imidazole rings is 1. The first kappa shape index (κ1) is 8.47. The minimum Gasteiger partial charge on any atom is -0.383 e. The largest absolute Gasteiger partial charge is 0.383 e. The molecule has 2 aromatic rings. The molecule has 0 unspecified atom stereocenters. The maximum atomic E-state index is 6.05. The summed E-state index contributed by atoms with van der Waals surface area (Å²) in [6.45, 7) is 0. The van der Waals surface area contributed by atoms with E-state index in [2.05, 4.69) is 14.5 Å². The molecule has 4 nitrogen and oxygen atoms in total. The van der Waals surface area contributed by atoms with E-state index < -0.39 is 0 Å². The fourth-order valence-corrected chi connectivity index (χ4v) is 1.74. The molecule has 1 aliphatic carbocycles. The van der Waals surface area contributed by atoms with Gasteiger partial charge < -0.3 is 10.3 Å². The first-order chi connectivity index (χ1) is 7.36. The molecule has 2 N–H and O–H groups in total. The van der Waals surface area contributed by atoms with E-state index >= 15 is 0 Å². The van der Waals surface area contributed by atoms with Gasteiger partial charge in [0.15, 0.2) is 0 Å². The summed E-state index contributed by atoms with van der Waals surface area (Å²) in [5, 5.41) is 0. The van der Waals surface area contributed by atoms with Gasteiger partial charge in [-0.25, -0.2) is 4.98 Å². The molecule has 0 spiro atoms. The summed E-state index contributed by atoms with van der Waals surface area (Å²) < 4.78 is 2.06. The van der Waals surface area contributed by atoms with Crippen molar-refractivity contribution in [3.05, 3.63) is 30.9 Å². The van der Waals surface area contributed by atoms with Gasteiger partial charge in [-0.05, 0) is 25.0 Å². The first-order valence-corrected chi connectivity index (χ1v) is 5.09. The zero-order chi connectivity index (χ0) is 10.3. The number of pyridine rings is 1. The normalized spacial score (nSPS) is 15.5. The lowest BCUT2D eigenvalue weighted by atomic mass is 10.2. The SMILES string of the molecule is Nc1c(-c2cccnc2)ncn1C1CC1. The fraction of sp³-hybridized carbons (Fsp3) is 0.273. The molecule has 1 fully saturated rings. The highest BCUT2D eigenvalue weighted by molar-refractivity contribution is 5.69. The molecule has 0 saturated heterocycles. The van der Waals surface area contributed by atoms with Crippen LogP contribution in [0.25, 0.3) is 11.3 Å². The molecular formula is C11H12N4. The van der Waals surface area contributed by atoms with Gasteiger partial charge in [0.05, 0.1) is 6.33 Å². The lowest BCUT2D eigenvalue weighted by molar-refractivity contribution is 0.751. The predicted octanol–water partition coefficient (Wildman–Crippen LogP) is 1.86.